The Hall–Kier alpha value is -2.11. The molecule has 0 aliphatic carbocycles. The molecule has 2 heterocycles. The van der Waals surface area contributed by atoms with Crippen LogP contribution in [0, 0.1) is 0 Å². The number of carbonyl (C=O) groups excluding carboxylic acids is 1. The number of amides is 1. The van der Waals surface area contributed by atoms with E-state index in [0.717, 1.165) is 13.1 Å². The number of halogens is 1. The summed E-state index contributed by atoms with van der Waals surface area (Å²) in [5.74, 6) is -0.0946. The summed E-state index contributed by atoms with van der Waals surface area (Å²) in [4.78, 5) is 21.2. The van der Waals surface area contributed by atoms with Gasteiger partial charge in [-0.1, -0.05) is 29.8 Å². The van der Waals surface area contributed by atoms with E-state index in [4.69, 9.17) is 11.6 Å². The quantitative estimate of drug-likeness (QED) is 0.756. The molecule has 2 aromatic rings. The van der Waals surface area contributed by atoms with Crippen LogP contribution in [0.2, 0.25) is 5.15 Å². The second-order valence-electron chi connectivity index (χ2n) is 7.10. The van der Waals surface area contributed by atoms with Crippen molar-refractivity contribution >= 4 is 28.9 Å². The molecule has 1 saturated heterocycles. The third-order valence-corrected chi connectivity index (χ3v) is 5.47. The molecule has 1 aromatic carbocycles. The van der Waals surface area contributed by atoms with Crippen molar-refractivity contribution in [2.75, 3.05) is 30.4 Å². The molecule has 1 aliphatic rings. The summed E-state index contributed by atoms with van der Waals surface area (Å²) >= 11 is 6.04. The molecule has 5 nitrogen and oxygen atoms in total. The number of rotatable bonds is 6. The lowest BCUT2D eigenvalue weighted by molar-refractivity contribution is -0.120. The summed E-state index contributed by atoms with van der Waals surface area (Å²) in [6, 6.07) is 11.7. The van der Waals surface area contributed by atoms with Crippen LogP contribution in [0.4, 0.5) is 11.4 Å². The van der Waals surface area contributed by atoms with E-state index in [1.165, 1.54) is 30.5 Å². The van der Waals surface area contributed by atoms with E-state index in [1.54, 1.807) is 18.3 Å². The number of hydrogen-bond donors (Lipinski definition) is 1. The number of aromatic nitrogens is 1. The highest BCUT2D eigenvalue weighted by atomic mass is 35.5. The number of para-hydroxylation sites is 1. The van der Waals surface area contributed by atoms with E-state index >= 15 is 0 Å². The van der Waals surface area contributed by atoms with Crippen LogP contribution in [0.1, 0.15) is 31.7 Å². The number of nitrogens with zero attached hydrogens (tertiary/aromatic N) is 3. The lowest BCUT2D eigenvalue weighted by Crippen LogP contribution is -2.39. The number of nitrogens with one attached hydrogen (secondary N) is 1. The van der Waals surface area contributed by atoms with Gasteiger partial charge in [-0.05, 0) is 57.0 Å². The Morgan fingerprint density at radius 2 is 1.96 bits per heavy atom. The zero-order valence-electron chi connectivity index (χ0n) is 16.0. The maximum atomic E-state index is 12.6. The molecule has 6 heteroatoms. The minimum atomic E-state index is -0.296. The molecule has 27 heavy (non-hydrogen) atoms. The normalized spacial score (nSPS) is 15.6. The van der Waals surface area contributed by atoms with Gasteiger partial charge in [0.2, 0.25) is 5.91 Å². The minimum absolute atomic E-state index is 0.0946. The summed E-state index contributed by atoms with van der Waals surface area (Å²) in [7, 11) is 1.97. The van der Waals surface area contributed by atoms with Crippen LogP contribution in [0.15, 0.2) is 42.6 Å². The van der Waals surface area contributed by atoms with Gasteiger partial charge >= 0.3 is 0 Å². The maximum absolute atomic E-state index is 12.6. The molecule has 0 radical (unpaired) electrons. The molecular weight excluding hydrogens is 360 g/mol. The smallest absolute Gasteiger partial charge is 0.241 e. The van der Waals surface area contributed by atoms with Crippen LogP contribution in [0.3, 0.4) is 0 Å². The summed E-state index contributed by atoms with van der Waals surface area (Å²) in [6.07, 6.45) is 5.40. The topological polar surface area (TPSA) is 48.5 Å². The van der Waals surface area contributed by atoms with Gasteiger partial charge in [0.1, 0.15) is 0 Å². The van der Waals surface area contributed by atoms with Gasteiger partial charge in [0, 0.05) is 31.5 Å². The molecule has 0 bridgehead atoms. The summed E-state index contributed by atoms with van der Waals surface area (Å²) in [6.45, 7) is 4.83. The van der Waals surface area contributed by atoms with Gasteiger partial charge in [0.15, 0.2) is 5.15 Å². The maximum Gasteiger partial charge on any atom is 0.241 e. The lowest BCUT2D eigenvalue weighted by atomic mass is 10.1. The third-order valence-electron chi connectivity index (χ3n) is 5.17. The second-order valence-corrected chi connectivity index (χ2v) is 7.46. The number of anilines is 2. The molecule has 1 fully saturated rings. The SMILES string of the molecule is C[C@@H](C(=O)Nc1cccnc1Cl)N(C)Cc1ccccc1N1CCCCC1. The van der Waals surface area contributed by atoms with Gasteiger partial charge in [-0.15, -0.1) is 0 Å². The number of piperidine rings is 1. The molecule has 1 aromatic heterocycles. The molecule has 0 spiro atoms. The monoisotopic (exact) mass is 386 g/mol. The molecule has 1 aliphatic heterocycles. The summed E-state index contributed by atoms with van der Waals surface area (Å²) in [5.41, 5.74) is 3.08. The highest BCUT2D eigenvalue weighted by Gasteiger charge is 2.21. The van der Waals surface area contributed by atoms with Crippen molar-refractivity contribution in [2.45, 2.75) is 38.8 Å². The van der Waals surface area contributed by atoms with Crippen molar-refractivity contribution < 1.29 is 4.79 Å². The average Bonchev–Trinajstić information content (AvgIpc) is 2.70. The second kappa shape index (κ2) is 9.20. The Morgan fingerprint density at radius 3 is 2.70 bits per heavy atom. The number of benzene rings is 1. The van der Waals surface area contributed by atoms with Crippen LogP contribution >= 0.6 is 11.6 Å². The molecule has 1 atom stereocenters. The standard InChI is InChI=1S/C21H27ClN4O/c1-16(21(27)24-18-10-8-12-23-20(18)22)25(2)15-17-9-4-5-11-19(17)26-13-6-3-7-14-26/h4-5,8-12,16H,3,6-7,13-15H2,1-2H3,(H,24,27)/t16-/m0/s1. The predicted octanol–water partition coefficient (Wildman–Crippen LogP) is 4.18. The number of likely N-dealkylation sites (N-methyl/N-ethyl adjacent to an activating group) is 1. The minimum Gasteiger partial charge on any atom is -0.371 e. The molecule has 0 saturated carbocycles. The Morgan fingerprint density at radius 1 is 1.22 bits per heavy atom. The lowest BCUT2D eigenvalue weighted by Gasteiger charge is -2.32. The Bertz CT molecular complexity index is 776. The van der Waals surface area contributed by atoms with Crippen molar-refractivity contribution in [3.8, 4) is 0 Å². The number of carbonyl (C=O) groups is 1. The molecule has 1 N–H and O–H groups in total. The van der Waals surface area contributed by atoms with Gasteiger partial charge in [-0.2, -0.15) is 0 Å². The van der Waals surface area contributed by atoms with E-state index in [2.05, 4.69) is 44.4 Å². The highest BCUT2D eigenvalue weighted by Crippen LogP contribution is 2.25. The van der Waals surface area contributed by atoms with E-state index in [1.807, 2.05) is 14.0 Å². The van der Waals surface area contributed by atoms with Crippen LogP contribution in [-0.2, 0) is 11.3 Å². The zero-order chi connectivity index (χ0) is 19.2. The van der Waals surface area contributed by atoms with Gasteiger partial charge in [0.05, 0.1) is 11.7 Å². The fraction of sp³-hybridized carbons (Fsp3) is 0.429. The first-order valence-electron chi connectivity index (χ1n) is 9.50. The van der Waals surface area contributed by atoms with Crippen molar-refractivity contribution in [3.63, 3.8) is 0 Å². The van der Waals surface area contributed by atoms with Gasteiger partial charge in [-0.3, -0.25) is 9.69 Å². The Kier molecular flexibility index (Phi) is 6.69. The fourth-order valence-electron chi connectivity index (χ4n) is 3.41. The molecule has 0 unspecified atom stereocenters. The van der Waals surface area contributed by atoms with E-state index in [0.29, 0.717) is 17.4 Å². The number of pyridine rings is 1. The average molecular weight is 387 g/mol. The van der Waals surface area contributed by atoms with Crippen molar-refractivity contribution in [2.24, 2.45) is 0 Å². The van der Waals surface area contributed by atoms with Crippen LogP contribution < -0.4 is 10.2 Å². The van der Waals surface area contributed by atoms with E-state index in [-0.39, 0.29) is 11.9 Å². The fourth-order valence-corrected chi connectivity index (χ4v) is 3.58. The first kappa shape index (κ1) is 19.6. The van der Waals surface area contributed by atoms with Gasteiger partial charge in [-0.25, -0.2) is 4.98 Å². The first-order valence-corrected chi connectivity index (χ1v) is 9.88. The summed E-state index contributed by atoms with van der Waals surface area (Å²) < 4.78 is 0. The molecule has 144 valence electrons. The third kappa shape index (κ3) is 4.99. The summed E-state index contributed by atoms with van der Waals surface area (Å²) in [5, 5.41) is 3.17. The Balaban J connectivity index is 1.67. The zero-order valence-corrected chi connectivity index (χ0v) is 16.7. The largest absolute Gasteiger partial charge is 0.371 e. The molecular formula is C21H27ClN4O. The van der Waals surface area contributed by atoms with Crippen LogP contribution in [0.25, 0.3) is 0 Å². The Labute approximate surface area is 166 Å². The first-order chi connectivity index (χ1) is 13.1. The van der Waals surface area contributed by atoms with Crippen molar-refractivity contribution in [1.29, 1.82) is 0 Å². The number of hydrogen-bond acceptors (Lipinski definition) is 4. The van der Waals surface area contributed by atoms with Crippen molar-refractivity contribution in [1.82, 2.24) is 9.88 Å². The van der Waals surface area contributed by atoms with Crippen LogP contribution in [-0.4, -0.2) is 42.0 Å². The van der Waals surface area contributed by atoms with Crippen LogP contribution in [0.5, 0.6) is 0 Å². The highest BCUT2D eigenvalue weighted by molar-refractivity contribution is 6.32. The van der Waals surface area contributed by atoms with Gasteiger partial charge < -0.3 is 10.2 Å². The van der Waals surface area contributed by atoms with E-state index in [9.17, 15) is 4.79 Å². The van der Waals surface area contributed by atoms with Gasteiger partial charge in [0.25, 0.3) is 0 Å². The van der Waals surface area contributed by atoms with E-state index < -0.39 is 0 Å². The predicted molar refractivity (Wildman–Crippen MR) is 111 cm³/mol. The van der Waals surface area contributed by atoms with Crippen molar-refractivity contribution in [3.05, 3.63) is 53.3 Å². The molecule has 1 amide bonds. The molecule has 3 rings (SSSR count).